The van der Waals surface area contributed by atoms with Crippen molar-refractivity contribution in [1.82, 2.24) is 9.13 Å². The van der Waals surface area contributed by atoms with E-state index in [4.69, 9.17) is 0 Å². The standard InChI is InChI=1S/C8H15N2.C6H11N2/c1-3-4-5-10-7-6-9(2)8-10;1-3-8-5-4-7(2)6-8/h6-8H,3-5H2,1-2H3;4-6H,3H2,1-2H3/q2*+1. The summed E-state index contributed by atoms with van der Waals surface area (Å²) in [7, 11) is 4.06. The van der Waals surface area contributed by atoms with Crippen LogP contribution in [0.25, 0.3) is 0 Å². The maximum atomic E-state index is 2.21. The predicted molar refractivity (Wildman–Crippen MR) is 71.8 cm³/mol. The minimum Gasteiger partial charge on any atom is -0.240 e. The zero-order valence-corrected chi connectivity index (χ0v) is 12.1. The van der Waals surface area contributed by atoms with Gasteiger partial charge in [-0.2, -0.15) is 0 Å². The third-order valence-electron chi connectivity index (χ3n) is 2.78. The van der Waals surface area contributed by atoms with Gasteiger partial charge in [-0.1, -0.05) is 13.3 Å². The summed E-state index contributed by atoms with van der Waals surface area (Å²) in [6, 6.07) is 0. The molecule has 0 N–H and O–H groups in total. The van der Waals surface area contributed by atoms with E-state index in [0.29, 0.717) is 0 Å². The summed E-state index contributed by atoms with van der Waals surface area (Å²) >= 11 is 0. The Kier molecular flexibility index (Phi) is 6.19. The molecule has 4 nitrogen and oxygen atoms in total. The van der Waals surface area contributed by atoms with Gasteiger partial charge in [-0.25, -0.2) is 18.3 Å². The lowest BCUT2D eigenvalue weighted by molar-refractivity contribution is -0.671. The van der Waals surface area contributed by atoms with Crippen LogP contribution in [-0.2, 0) is 27.2 Å². The van der Waals surface area contributed by atoms with Gasteiger partial charge in [0.1, 0.15) is 24.8 Å². The second kappa shape index (κ2) is 7.69. The highest BCUT2D eigenvalue weighted by molar-refractivity contribution is 4.65. The van der Waals surface area contributed by atoms with Crippen LogP contribution in [0.5, 0.6) is 0 Å². The van der Waals surface area contributed by atoms with Crippen LogP contribution in [0.4, 0.5) is 0 Å². The van der Waals surface area contributed by atoms with E-state index in [2.05, 4.69) is 58.8 Å². The van der Waals surface area contributed by atoms with E-state index in [9.17, 15) is 0 Å². The molecule has 0 spiro atoms. The van der Waals surface area contributed by atoms with Gasteiger partial charge >= 0.3 is 0 Å². The summed E-state index contributed by atoms with van der Waals surface area (Å²) in [6.07, 6.45) is 15.0. The van der Waals surface area contributed by atoms with Gasteiger partial charge in [0.15, 0.2) is 0 Å². The van der Waals surface area contributed by atoms with Gasteiger partial charge in [-0.15, -0.1) is 0 Å². The Morgan fingerprint density at radius 1 is 0.889 bits per heavy atom. The Balaban J connectivity index is 0.000000184. The molecule has 0 radical (unpaired) electrons. The van der Waals surface area contributed by atoms with Gasteiger partial charge in [0, 0.05) is 0 Å². The highest BCUT2D eigenvalue weighted by Gasteiger charge is 1.96. The summed E-state index contributed by atoms with van der Waals surface area (Å²) in [5.74, 6) is 0. The van der Waals surface area contributed by atoms with E-state index >= 15 is 0 Å². The number of hydrogen-bond acceptors (Lipinski definition) is 0. The van der Waals surface area contributed by atoms with Crippen molar-refractivity contribution in [1.29, 1.82) is 0 Å². The summed E-state index contributed by atoms with van der Waals surface area (Å²) in [5, 5.41) is 0. The Bertz CT molecular complexity index is 442. The summed E-state index contributed by atoms with van der Waals surface area (Å²) in [5.41, 5.74) is 0. The van der Waals surface area contributed by atoms with Crippen LogP contribution in [0.2, 0.25) is 0 Å². The average molecular weight is 250 g/mol. The van der Waals surface area contributed by atoms with E-state index in [1.807, 2.05) is 24.9 Å². The third kappa shape index (κ3) is 5.17. The molecule has 18 heavy (non-hydrogen) atoms. The summed E-state index contributed by atoms with van der Waals surface area (Å²) < 4.78 is 8.43. The fourth-order valence-electron chi connectivity index (χ4n) is 1.66. The monoisotopic (exact) mass is 250 g/mol. The van der Waals surface area contributed by atoms with Gasteiger partial charge < -0.3 is 0 Å². The van der Waals surface area contributed by atoms with E-state index in [0.717, 1.165) is 13.1 Å². The molecule has 0 aliphatic heterocycles. The van der Waals surface area contributed by atoms with Crippen molar-refractivity contribution < 1.29 is 9.13 Å². The first-order valence-corrected chi connectivity index (χ1v) is 6.67. The molecule has 0 unspecified atom stereocenters. The van der Waals surface area contributed by atoms with Crippen molar-refractivity contribution in [3.05, 3.63) is 37.4 Å². The minimum atomic E-state index is 1.06. The number of nitrogens with zero attached hydrogens (tertiary/aromatic N) is 4. The molecule has 0 aromatic carbocycles. The molecule has 0 amide bonds. The lowest BCUT2D eigenvalue weighted by Crippen LogP contribution is -2.23. The Labute approximate surface area is 110 Å². The molecule has 2 aromatic heterocycles. The molecule has 2 heterocycles. The van der Waals surface area contributed by atoms with Crippen molar-refractivity contribution in [3.63, 3.8) is 0 Å². The Morgan fingerprint density at radius 3 is 1.78 bits per heavy atom. The minimum absolute atomic E-state index is 1.06. The van der Waals surface area contributed by atoms with Crippen LogP contribution in [0.3, 0.4) is 0 Å². The molecule has 0 aliphatic rings. The van der Waals surface area contributed by atoms with E-state index < -0.39 is 0 Å². The van der Waals surface area contributed by atoms with Crippen LogP contribution >= 0.6 is 0 Å². The fourth-order valence-corrected chi connectivity index (χ4v) is 1.66. The number of aryl methyl sites for hydroxylation is 4. The summed E-state index contributed by atoms with van der Waals surface area (Å²) in [4.78, 5) is 0. The van der Waals surface area contributed by atoms with E-state index in [-0.39, 0.29) is 0 Å². The van der Waals surface area contributed by atoms with Crippen LogP contribution in [0.1, 0.15) is 26.7 Å². The highest BCUT2D eigenvalue weighted by Crippen LogP contribution is 1.91. The molecule has 4 heteroatoms. The maximum Gasteiger partial charge on any atom is 0.243 e. The summed E-state index contributed by atoms with van der Waals surface area (Å²) in [6.45, 7) is 6.54. The molecule has 0 aliphatic carbocycles. The number of hydrogen-bond donors (Lipinski definition) is 0. The highest BCUT2D eigenvalue weighted by atomic mass is 15.1. The second-order valence-electron chi connectivity index (χ2n) is 4.58. The molecule has 2 aromatic rings. The van der Waals surface area contributed by atoms with Crippen LogP contribution in [-0.4, -0.2) is 9.13 Å². The molecule has 0 bridgehead atoms. The predicted octanol–water partition coefficient (Wildman–Crippen LogP) is 1.45. The molecule has 100 valence electrons. The van der Waals surface area contributed by atoms with E-state index in [1.54, 1.807) is 0 Å². The lowest BCUT2D eigenvalue weighted by Gasteiger charge is -1.90. The van der Waals surface area contributed by atoms with Gasteiger partial charge in [-0.05, 0) is 13.3 Å². The first kappa shape index (κ1) is 14.5. The topological polar surface area (TPSA) is 17.6 Å². The fraction of sp³-hybridized carbons (Fsp3) is 0.571. The first-order valence-electron chi connectivity index (χ1n) is 6.67. The van der Waals surface area contributed by atoms with Crippen LogP contribution in [0, 0.1) is 0 Å². The molecule has 0 saturated heterocycles. The van der Waals surface area contributed by atoms with E-state index in [1.165, 1.54) is 12.8 Å². The van der Waals surface area contributed by atoms with Crippen molar-refractivity contribution in [2.45, 2.75) is 39.8 Å². The number of imidazole rings is 2. The van der Waals surface area contributed by atoms with Gasteiger partial charge in [0.25, 0.3) is 0 Å². The molecule has 0 fully saturated rings. The maximum absolute atomic E-state index is 2.21. The number of unbranched alkanes of at least 4 members (excludes halogenated alkanes) is 1. The van der Waals surface area contributed by atoms with Gasteiger partial charge in [-0.3, -0.25) is 0 Å². The molecule has 2 rings (SSSR count). The zero-order chi connectivity index (χ0) is 13.4. The largest absolute Gasteiger partial charge is 0.243 e. The Morgan fingerprint density at radius 2 is 1.44 bits per heavy atom. The zero-order valence-electron chi connectivity index (χ0n) is 12.1. The average Bonchev–Trinajstić information content (AvgIpc) is 2.96. The van der Waals surface area contributed by atoms with Gasteiger partial charge in [0.05, 0.1) is 27.2 Å². The molecular formula is C14H26N4+2. The normalized spacial score (nSPS) is 10.0. The molecular weight excluding hydrogens is 224 g/mol. The van der Waals surface area contributed by atoms with Crippen LogP contribution < -0.4 is 9.13 Å². The van der Waals surface area contributed by atoms with Crippen molar-refractivity contribution in [2.24, 2.45) is 14.1 Å². The molecule has 0 saturated carbocycles. The number of rotatable bonds is 4. The lowest BCUT2D eigenvalue weighted by atomic mass is 10.3. The SMILES string of the molecule is CCCCn1cc[n+](C)c1.CCn1cc[n+](C)c1. The third-order valence-corrected chi connectivity index (χ3v) is 2.78. The van der Waals surface area contributed by atoms with Crippen LogP contribution in [0.15, 0.2) is 37.4 Å². The smallest absolute Gasteiger partial charge is 0.240 e. The quantitative estimate of drug-likeness (QED) is 0.731. The van der Waals surface area contributed by atoms with Crippen molar-refractivity contribution in [3.8, 4) is 0 Å². The Hall–Kier alpha value is -1.58. The van der Waals surface area contributed by atoms with Crippen molar-refractivity contribution >= 4 is 0 Å². The van der Waals surface area contributed by atoms with Crippen molar-refractivity contribution in [2.75, 3.05) is 0 Å². The number of aromatic nitrogens is 4. The van der Waals surface area contributed by atoms with Gasteiger partial charge in [0.2, 0.25) is 12.7 Å². The molecule has 0 atom stereocenters. The second-order valence-corrected chi connectivity index (χ2v) is 4.58. The first-order chi connectivity index (χ1) is 8.65.